The molecule has 2 N–H and O–H groups in total. The highest BCUT2D eigenvalue weighted by Gasteiger charge is 2.24. The van der Waals surface area contributed by atoms with Crippen LogP contribution in [0.4, 0.5) is 5.82 Å². The van der Waals surface area contributed by atoms with Crippen molar-refractivity contribution in [2.75, 3.05) is 24.6 Å². The lowest BCUT2D eigenvalue weighted by Gasteiger charge is -2.18. The van der Waals surface area contributed by atoms with Gasteiger partial charge in [-0.3, -0.25) is 0 Å². The SMILES string of the molecule is OCc1cnc(N2CCC(CO)C2)c(Cl)c1. The van der Waals surface area contributed by atoms with Crippen molar-refractivity contribution in [2.45, 2.75) is 13.0 Å². The van der Waals surface area contributed by atoms with E-state index in [2.05, 4.69) is 9.88 Å². The molecule has 1 aromatic heterocycles. The molecule has 0 aliphatic carbocycles. The van der Waals surface area contributed by atoms with Gasteiger partial charge in [-0.2, -0.15) is 0 Å². The predicted molar refractivity (Wildman–Crippen MR) is 62.6 cm³/mol. The summed E-state index contributed by atoms with van der Waals surface area (Å²) in [5.74, 6) is 1.06. The second-order valence-electron chi connectivity index (χ2n) is 4.09. The summed E-state index contributed by atoms with van der Waals surface area (Å²) in [4.78, 5) is 6.33. The second-order valence-corrected chi connectivity index (χ2v) is 4.50. The average Bonchev–Trinajstić information content (AvgIpc) is 2.77. The number of aliphatic hydroxyl groups excluding tert-OH is 2. The standard InChI is InChI=1S/C11H15ClN2O2/c12-10-3-9(7-16)4-13-11(10)14-2-1-8(5-14)6-15/h3-4,8,15-16H,1-2,5-7H2. The fraction of sp³-hybridized carbons (Fsp3) is 0.545. The predicted octanol–water partition coefficient (Wildman–Crippen LogP) is 1.05. The summed E-state index contributed by atoms with van der Waals surface area (Å²) in [6.45, 7) is 1.83. The first kappa shape index (κ1) is 11.6. The Hall–Kier alpha value is -0.840. The van der Waals surface area contributed by atoms with Crippen LogP contribution in [-0.4, -0.2) is 34.9 Å². The number of anilines is 1. The van der Waals surface area contributed by atoms with Gasteiger partial charge >= 0.3 is 0 Å². The van der Waals surface area contributed by atoms with Crippen molar-refractivity contribution < 1.29 is 10.2 Å². The normalized spacial score (nSPS) is 20.4. The van der Waals surface area contributed by atoms with E-state index >= 15 is 0 Å². The van der Waals surface area contributed by atoms with Crippen LogP contribution in [0.1, 0.15) is 12.0 Å². The Labute approximate surface area is 99.5 Å². The molecule has 1 saturated heterocycles. The molecule has 1 fully saturated rings. The van der Waals surface area contributed by atoms with Gasteiger partial charge in [-0.1, -0.05) is 11.6 Å². The van der Waals surface area contributed by atoms with Crippen LogP contribution in [0.15, 0.2) is 12.3 Å². The van der Waals surface area contributed by atoms with Crippen LogP contribution < -0.4 is 4.90 Å². The molecule has 2 heterocycles. The van der Waals surface area contributed by atoms with Crippen LogP contribution in [0, 0.1) is 5.92 Å². The lowest BCUT2D eigenvalue weighted by atomic mass is 10.1. The third-order valence-electron chi connectivity index (χ3n) is 2.90. The Kier molecular flexibility index (Phi) is 3.63. The molecule has 1 unspecified atom stereocenters. The number of nitrogens with zero attached hydrogens (tertiary/aromatic N) is 2. The molecule has 1 atom stereocenters. The summed E-state index contributed by atoms with van der Waals surface area (Å²) in [6.07, 6.45) is 2.60. The lowest BCUT2D eigenvalue weighted by Crippen LogP contribution is -2.22. The van der Waals surface area contributed by atoms with Gasteiger partial charge < -0.3 is 15.1 Å². The van der Waals surface area contributed by atoms with Gasteiger partial charge in [-0.05, 0) is 18.1 Å². The molecule has 1 aliphatic rings. The summed E-state index contributed by atoms with van der Waals surface area (Å²) in [5.41, 5.74) is 0.714. The van der Waals surface area contributed by atoms with Gasteiger partial charge in [0.05, 0.1) is 11.6 Å². The number of rotatable bonds is 3. The minimum absolute atomic E-state index is 0.0493. The van der Waals surface area contributed by atoms with Crippen molar-refractivity contribution >= 4 is 17.4 Å². The maximum Gasteiger partial charge on any atom is 0.147 e. The first-order valence-corrected chi connectivity index (χ1v) is 5.73. The van der Waals surface area contributed by atoms with Crippen molar-refractivity contribution in [1.82, 2.24) is 4.98 Å². The van der Waals surface area contributed by atoms with E-state index in [9.17, 15) is 0 Å². The molecule has 2 rings (SSSR count). The highest BCUT2D eigenvalue weighted by molar-refractivity contribution is 6.33. The molecule has 0 aromatic carbocycles. The van der Waals surface area contributed by atoms with Crippen LogP contribution in [0.25, 0.3) is 0 Å². The number of pyridine rings is 1. The molecule has 88 valence electrons. The Morgan fingerprint density at radius 1 is 1.50 bits per heavy atom. The third kappa shape index (κ3) is 2.29. The smallest absolute Gasteiger partial charge is 0.147 e. The minimum atomic E-state index is -0.0493. The van der Waals surface area contributed by atoms with E-state index in [1.54, 1.807) is 12.3 Å². The minimum Gasteiger partial charge on any atom is -0.396 e. The molecular formula is C11H15ClN2O2. The maximum atomic E-state index is 9.07. The maximum absolute atomic E-state index is 9.07. The van der Waals surface area contributed by atoms with E-state index in [-0.39, 0.29) is 13.2 Å². The van der Waals surface area contributed by atoms with Gasteiger partial charge in [0.15, 0.2) is 0 Å². The first-order chi connectivity index (χ1) is 7.74. The molecular weight excluding hydrogens is 228 g/mol. The fourth-order valence-electron chi connectivity index (χ4n) is 1.96. The zero-order chi connectivity index (χ0) is 11.5. The summed E-state index contributed by atoms with van der Waals surface area (Å²) >= 11 is 6.10. The van der Waals surface area contributed by atoms with Crippen LogP contribution in [0.5, 0.6) is 0 Å². The molecule has 5 heteroatoms. The zero-order valence-corrected chi connectivity index (χ0v) is 9.69. The zero-order valence-electron chi connectivity index (χ0n) is 8.93. The molecule has 0 spiro atoms. The molecule has 0 radical (unpaired) electrons. The number of halogens is 1. The molecule has 0 bridgehead atoms. The van der Waals surface area contributed by atoms with E-state index in [1.165, 1.54) is 0 Å². The monoisotopic (exact) mass is 242 g/mol. The van der Waals surface area contributed by atoms with E-state index in [4.69, 9.17) is 21.8 Å². The van der Waals surface area contributed by atoms with Crippen LogP contribution in [-0.2, 0) is 6.61 Å². The van der Waals surface area contributed by atoms with Crippen LogP contribution >= 0.6 is 11.6 Å². The Balaban J connectivity index is 2.15. The van der Waals surface area contributed by atoms with E-state index in [0.29, 0.717) is 16.5 Å². The topological polar surface area (TPSA) is 56.6 Å². The summed E-state index contributed by atoms with van der Waals surface area (Å²) in [6, 6.07) is 1.73. The van der Waals surface area contributed by atoms with Crippen LogP contribution in [0.3, 0.4) is 0 Å². The quantitative estimate of drug-likeness (QED) is 0.832. The summed E-state index contributed by atoms with van der Waals surface area (Å²) in [5, 5.41) is 18.6. The number of aliphatic hydroxyl groups is 2. The highest BCUT2D eigenvalue weighted by atomic mass is 35.5. The molecule has 1 aromatic rings. The van der Waals surface area contributed by atoms with Gasteiger partial charge in [-0.15, -0.1) is 0 Å². The molecule has 4 nitrogen and oxygen atoms in total. The van der Waals surface area contributed by atoms with Gasteiger partial charge in [0.1, 0.15) is 5.82 Å². The van der Waals surface area contributed by atoms with Crippen LogP contribution in [0.2, 0.25) is 5.02 Å². The van der Waals surface area contributed by atoms with E-state index < -0.39 is 0 Å². The first-order valence-electron chi connectivity index (χ1n) is 5.35. The van der Waals surface area contributed by atoms with Gasteiger partial charge in [0.2, 0.25) is 0 Å². The Morgan fingerprint density at radius 2 is 2.31 bits per heavy atom. The fourth-order valence-corrected chi connectivity index (χ4v) is 2.27. The van der Waals surface area contributed by atoms with Crippen molar-refractivity contribution in [3.8, 4) is 0 Å². The second kappa shape index (κ2) is 4.99. The van der Waals surface area contributed by atoms with Gasteiger partial charge in [0.25, 0.3) is 0 Å². The summed E-state index contributed by atoms with van der Waals surface area (Å²) < 4.78 is 0. The van der Waals surface area contributed by atoms with Crippen molar-refractivity contribution in [3.63, 3.8) is 0 Å². The van der Waals surface area contributed by atoms with Crippen molar-refractivity contribution in [3.05, 3.63) is 22.8 Å². The summed E-state index contributed by atoms with van der Waals surface area (Å²) in [7, 11) is 0. The largest absolute Gasteiger partial charge is 0.396 e. The molecule has 1 aliphatic heterocycles. The third-order valence-corrected chi connectivity index (χ3v) is 3.18. The average molecular weight is 243 g/mol. The number of hydrogen-bond donors (Lipinski definition) is 2. The Morgan fingerprint density at radius 3 is 2.88 bits per heavy atom. The lowest BCUT2D eigenvalue weighted by molar-refractivity contribution is 0.238. The van der Waals surface area contributed by atoms with E-state index in [0.717, 1.165) is 25.3 Å². The molecule has 0 saturated carbocycles. The molecule has 0 amide bonds. The van der Waals surface area contributed by atoms with Crippen molar-refractivity contribution in [2.24, 2.45) is 5.92 Å². The number of aromatic nitrogens is 1. The highest BCUT2D eigenvalue weighted by Crippen LogP contribution is 2.28. The van der Waals surface area contributed by atoms with Gasteiger partial charge in [0, 0.05) is 31.8 Å². The number of hydrogen-bond acceptors (Lipinski definition) is 4. The molecule has 16 heavy (non-hydrogen) atoms. The van der Waals surface area contributed by atoms with E-state index in [1.807, 2.05) is 0 Å². The van der Waals surface area contributed by atoms with Gasteiger partial charge in [-0.25, -0.2) is 4.98 Å². The van der Waals surface area contributed by atoms with Crippen molar-refractivity contribution in [1.29, 1.82) is 0 Å². The Bertz CT molecular complexity index is 373.